The lowest BCUT2D eigenvalue weighted by Gasteiger charge is -2.29. The average Bonchev–Trinajstić information content (AvgIpc) is 2.49. The maximum absolute atomic E-state index is 14.5. The summed E-state index contributed by atoms with van der Waals surface area (Å²) in [5.41, 5.74) is 4.94. The van der Waals surface area contributed by atoms with Crippen molar-refractivity contribution >= 4 is 0 Å². The Morgan fingerprint density at radius 3 is 2.16 bits per heavy atom. The van der Waals surface area contributed by atoms with Gasteiger partial charge in [0.15, 0.2) is 0 Å². The number of rotatable bonds is 4. The van der Waals surface area contributed by atoms with Crippen molar-refractivity contribution in [2.45, 2.75) is 65.7 Å². The Bertz CT molecular complexity index is 766. The van der Waals surface area contributed by atoms with Crippen LogP contribution in [0.15, 0.2) is 30.3 Å². The highest BCUT2D eigenvalue weighted by atomic mass is 19.1. The molecule has 2 aromatic carbocycles. The molecule has 136 valence electrons. The lowest BCUT2D eigenvalue weighted by Crippen LogP contribution is -2.23. The molecule has 0 bridgehead atoms. The van der Waals surface area contributed by atoms with E-state index < -0.39 is 0 Å². The Morgan fingerprint density at radius 1 is 0.960 bits per heavy atom. The summed E-state index contributed by atoms with van der Waals surface area (Å²) >= 11 is 0. The van der Waals surface area contributed by atoms with Gasteiger partial charge in [0.05, 0.1) is 7.11 Å². The van der Waals surface area contributed by atoms with Crippen molar-refractivity contribution in [1.82, 2.24) is 0 Å². The molecule has 0 radical (unpaired) electrons. The zero-order valence-electron chi connectivity index (χ0n) is 16.9. The van der Waals surface area contributed by atoms with Crippen molar-refractivity contribution in [2.75, 3.05) is 7.11 Å². The molecule has 0 saturated carbocycles. The SMILES string of the molecule is COc1cc(C)ccc1C(C)(C)Cc1cc(C(C)(C)C)cc(F)c1C. The van der Waals surface area contributed by atoms with Crippen molar-refractivity contribution in [2.24, 2.45) is 0 Å². The van der Waals surface area contributed by atoms with E-state index in [9.17, 15) is 4.39 Å². The fourth-order valence-electron chi connectivity index (χ4n) is 3.28. The second-order valence-corrected chi connectivity index (χ2v) is 8.76. The molecule has 0 fully saturated rings. The summed E-state index contributed by atoms with van der Waals surface area (Å²) < 4.78 is 20.1. The van der Waals surface area contributed by atoms with Crippen molar-refractivity contribution in [1.29, 1.82) is 0 Å². The zero-order chi connectivity index (χ0) is 19.0. The average molecular weight is 342 g/mol. The number of benzene rings is 2. The summed E-state index contributed by atoms with van der Waals surface area (Å²) in [4.78, 5) is 0. The maximum Gasteiger partial charge on any atom is 0.126 e. The number of ether oxygens (including phenoxy) is 1. The highest BCUT2D eigenvalue weighted by Gasteiger charge is 2.27. The first-order valence-electron chi connectivity index (χ1n) is 8.90. The Balaban J connectivity index is 2.49. The Morgan fingerprint density at radius 2 is 1.60 bits per heavy atom. The van der Waals surface area contributed by atoms with Crippen LogP contribution in [-0.2, 0) is 17.3 Å². The zero-order valence-corrected chi connectivity index (χ0v) is 16.9. The number of hydrogen-bond donors (Lipinski definition) is 0. The van der Waals surface area contributed by atoms with Crippen LogP contribution in [0.25, 0.3) is 0 Å². The molecule has 0 unspecified atom stereocenters. The Hall–Kier alpha value is -1.83. The molecule has 0 aliphatic carbocycles. The van der Waals surface area contributed by atoms with Gasteiger partial charge in [-0.2, -0.15) is 0 Å². The van der Waals surface area contributed by atoms with Crippen LogP contribution in [0.1, 0.15) is 62.4 Å². The van der Waals surface area contributed by atoms with Gasteiger partial charge >= 0.3 is 0 Å². The van der Waals surface area contributed by atoms with E-state index >= 15 is 0 Å². The van der Waals surface area contributed by atoms with Crippen LogP contribution >= 0.6 is 0 Å². The minimum absolute atomic E-state index is 0.0744. The van der Waals surface area contributed by atoms with Gasteiger partial charge in [-0.15, -0.1) is 0 Å². The van der Waals surface area contributed by atoms with Crippen LogP contribution in [0.4, 0.5) is 4.39 Å². The first-order valence-corrected chi connectivity index (χ1v) is 8.90. The largest absolute Gasteiger partial charge is 0.496 e. The Labute approximate surface area is 152 Å². The van der Waals surface area contributed by atoms with Gasteiger partial charge < -0.3 is 4.74 Å². The van der Waals surface area contributed by atoms with Gasteiger partial charge in [-0.1, -0.05) is 52.8 Å². The maximum atomic E-state index is 14.5. The Kier molecular flexibility index (Phi) is 5.32. The van der Waals surface area contributed by atoms with Crippen LogP contribution in [0.3, 0.4) is 0 Å². The molecule has 0 saturated heterocycles. The minimum Gasteiger partial charge on any atom is -0.496 e. The molecule has 2 aromatic rings. The van der Waals surface area contributed by atoms with Crippen molar-refractivity contribution in [3.05, 3.63) is 64.0 Å². The molecule has 0 N–H and O–H groups in total. The predicted octanol–water partition coefficient (Wildman–Crippen LogP) is 6.27. The van der Waals surface area contributed by atoms with Gasteiger partial charge in [-0.3, -0.25) is 0 Å². The van der Waals surface area contributed by atoms with E-state index in [1.807, 2.05) is 6.92 Å². The highest BCUT2D eigenvalue weighted by Crippen LogP contribution is 2.37. The molecule has 2 heteroatoms. The molecular weight excluding hydrogens is 311 g/mol. The predicted molar refractivity (Wildman–Crippen MR) is 104 cm³/mol. The van der Waals surface area contributed by atoms with E-state index in [0.717, 1.165) is 34.4 Å². The van der Waals surface area contributed by atoms with Gasteiger partial charge in [-0.05, 0) is 65.5 Å². The molecule has 0 spiro atoms. The van der Waals surface area contributed by atoms with Crippen LogP contribution in [0.5, 0.6) is 5.75 Å². The fourth-order valence-corrected chi connectivity index (χ4v) is 3.28. The van der Waals surface area contributed by atoms with Crippen LogP contribution < -0.4 is 4.74 Å². The molecular formula is C23H31FO. The van der Waals surface area contributed by atoms with Crippen molar-refractivity contribution < 1.29 is 9.13 Å². The van der Waals surface area contributed by atoms with E-state index in [-0.39, 0.29) is 16.6 Å². The molecule has 0 aliphatic rings. The summed E-state index contributed by atoms with van der Waals surface area (Å²) in [6, 6.07) is 10.2. The van der Waals surface area contributed by atoms with Gasteiger partial charge in [0, 0.05) is 5.56 Å². The molecule has 0 aromatic heterocycles. The van der Waals surface area contributed by atoms with E-state index in [0.29, 0.717) is 0 Å². The standard InChI is InChI=1S/C23H31FO/c1-15-9-10-19(21(11-15)25-8)23(6,7)14-17-12-18(22(3,4)5)13-20(24)16(17)2/h9-13H,14H2,1-8H3. The highest BCUT2D eigenvalue weighted by molar-refractivity contribution is 5.44. The van der Waals surface area contributed by atoms with Gasteiger partial charge in [0.25, 0.3) is 0 Å². The molecule has 2 rings (SSSR count). The van der Waals surface area contributed by atoms with Gasteiger partial charge in [0.2, 0.25) is 0 Å². The molecule has 1 nitrogen and oxygen atoms in total. The quantitative estimate of drug-likeness (QED) is 0.636. The number of hydrogen-bond acceptors (Lipinski definition) is 1. The van der Waals surface area contributed by atoms with E-state index in [4.69, 9.17) is 4.74 Å². The summed E-state index contributed by atoms with van der Waals surface area (Å²) in [6.45, 7) is 14.7. The summed E-state index contributed by atoms with van der Waals surface area (Å²) in [7, 11) is 1.71. The lowest BCUT2D eigenvalue weighted by molar-refractivity contribution is 0.390. The number of methoxy groups -OCH3 is 1. The van der Waals surface area contributed by atoms with E-state index in [2.05, 4.69) is 65.8 Å². The first-order chi connectivity index (χ1) is 11.5. The third-order valence-corrected chi connectivity index (χ3v) is 5.04. The summed E-state index contributed by atoms with van der Waals surface area (Å²) in [5, 5.41) is 0. The smallest absolute Gasteiger partial charge is 0.126 e. The third kappa shape index (κ3) is 4.23. The molecule has 0 atom stereocenters. The third-order valence-electron chi connectivity index (χ3n) is 5.04. The number of halogens is 1. The minimum atomic E-state index is -0.160. The molecule has 0 aliphatic heterocycles. The topological polar surface area (TPSA) is 9.23 Å². The molecule has 25 heavy (non-hydrogen) atoms. The lowest BCUT2D eigenvalue weighted by atomic mass is 9.76. The van der Waals surface area contributed by atoms with Crippen molar-refractivity contribution in [3.8, 4) is 5.75 Å². The second-order valence-electron chi connectivity index (χ2n) is 8.76. The molecule has 0 heterocycles. The fraction of sp³-hybridized carbons (Fsp3) is 0.478. The van der Waals surface area contributed by atoms with E-state index in [1.165, 1.54) is 5.56 Å². The van der Waals surface area contributed by atoms with Gasteiger partial charge in [0.1, 0.15) is 11.6 Å². The van der Waals surface area contributed by atoms with Crippen LogP contribution in [-0.4, -0.2) is 7.11 Å². The van der Waals surface area contributed by atoms with E-state index in [1.54, 1.807) is 13.2 Å². The normalized spacial score (nSPS) is 12.4. The van der Waals surface area contributed by atoms with Crippen LogP contribution in [0, 0.1) is 19.7 Å². The van der Waals surface area contributed by atoms with Gasteiger partial charge in [-0.25, -0.2) is 4.39 Å². The van der Waals surface area contributed by atoms with Crippen LogP contribution in [0.2, 0.25) is 0 Å². The number of aryl methyl sites for hydroxylation is 1. The monoisotopic (exact) mass is 342 g/mol. The molecule has 0 amide bonds. The van der Waals surface area contributed by atoms with Crippen molar-refractivity contribution in [3.63, 3.8) is 0 Å². The first kappa shape index (κ1) is 19.5. The summed E-state index contributed by atoms with van der Waals surface area (Å²) in [5.74, 6) is 0.782. The summed E-state index contributed by atoms with van der Waals surface area (Å²) in [6.07, 6.45) is 0.763. The second kappa shape index (κ2) is 6.82.